The van der Waals surface area contributed by atoms with Crippen LogP contribution in [0.2, 0.25) is 5.02 Å². The molecule has 6 nitrogen and oxygen atoms in total. The smallest absolute Gasteiger partial charge is 0.340 e. The summed E-state index contributed by atoms with van der Waals surface area (Å²) in [5.41, 5.74) is 1.79. The van der Waals surface area contributed by atoms with E-state index in [4.69, 9.17) is 20.8 Å². The number of carbonyl (C=O) groups is 1. The Hall–Kier alpha value is -2.83. The van der Waals surface area contributed by atoms with E-state index in [1.165, 1.54) is 0 Å². The lowest BCUT2D eigenvalue weighted by molar-refractivity contribution is -0.145. The third-order valence-electron chi connectivity index (χ3n) is 7.70. The van der Waals surface area contributed by atoms with E-state index in [9.17, 15) is 14.7 Å². The van der Waals surface area contributed by atoms with E-state index < -0.39 is 11.2 Å². The zero-order valence-electron chi connectivity index (χ0n) is 19.9. The minimum absolute atomic E-state index is 0.125. The third-order valence-corrected chi connectivity index (χ3v) is 7.99. The first-order valence-electron chi connectivity index (χ1n) is 12.3. The Balaban J connectivity index is 1.31. The first-order valence-corrected chi connectivity index (χ1v) is 12.6. The van der Waals surface area contributed by atoms with E-state index in [2.05, 4.69) is 0 Å². The van der Waals surface area contributed by atoms with Gasteiger partial charge in [-0.3, -0.25) is 4.79 Å². The number of hydrogen-bond acceptors (Lipinski definition) is 5. The van der Waals surface area contributed by atoms with Gasteiger partial charge in [0, 0.05) is 42.4 Å². The molecule has 2 atom stereocenters. The maximum atomic E-state index is 12.9. The van der Waals surface area contributed by atoms with Crippen molar-refractivity contribution < 1.29 is 19.1 Å². The number of aryl methyl sites for hydroxylation is 1. The van der Waals surface area contributed by atoms with Crippen molar-refractivity contribution in [2.75, 3.05) is 19.7 Å². The summed E-state index contributed by atoms with van der Waals surface area (Å²) in [6.07, 6.45) is 4.99. The normalized spacial score (nSPS) is 22.1. The molecule has 0 bridgehead atoms. The van der Waals surface area contributed by atoms with Gasteiger partial charge in [-0.15, -0.1) is 0 Å². The fourth-order valence-corrected chi connectivity index (χ4v) is 5.75. The number of fused-ring (bicyclic) bond motifs is 2. The molecule has 1 saturated carbocycles. The van der Waals surface area contributed by atoms with Crippen LogP contribution in [0.5, 0.6) is 5.75 Å². The molecule has 1 saturated heterocycles. The number of halogens is 1. The summed E-state index contributed by atoms with van der Waals surface area (Å²) >= 11 is 6.50. The fraction of sp³-hybridized carbons (Fsp3) is 0.429. The molecule has 184 valence electrons. The van der Waals surface area contributed by atoms with Gasteiger partial charge in [-0.05, 0) is 43.4 Å². The number of likely N-dealkylation sites (tertiary alicyclic amines) is 1. The second-order valence-corrected chi connectivity index (χ2v) is 10.3. The van der Waals surface area contributed by atoms with Gasteiger partial charge in [0.2, 0.25) is 0 Å². The summed E-state index contributed by atoms with van der Waals surface area (Å²) in [6.45, 7) is 2.81. The standard InChI is InChI=1S/C28H30ClNO5/c1-18-21-14-23(29)25(15-24(21)35-27(32)22(18)13-19-7-3-2-4-8-19)34-17-26(31)30-12-11-28(33)10-6-5-9-20(28)16-30/h2-4,7-8,14-15,20,33H,5-6,9-13,16-17H2,1H3/t20-,28-/m0/s1. The maximum Gasteiger partial charge on any atom is 0.340 e. The minimum Gasteiger partial charge on any atom is -0.482 e. The maximum absolute atomic E-state index is 12.9. The lowest BCUT2D eigenvalue weighted by atomic mass is 9.71. The van der Waals surface area contributed by atoms with Gasteiger partial charge in [-0.25, -0.2) is 4.79 Å². The van der Waals surface area contributed by atoms with E-state index in [-0.39, 0.29) is 18.4 Å². The van der Waals surface area contributed by atoms with Crippen molar-refractivity contribution in [2.24, 2.45) is 5.92 Å². The van der Waals surface area contributed by atoms with Gasteiger partial charge in [-0.1, -0.05) is 54.8 Å². The Morgan fingerprint density at radius 3 is 2.83 bits per heavy atom. The second kappa shape index (κ2) is 9.67. The molecular formula is C28H30ClNO5. The van der Waals surface area contributed by atoms with E-state index >= 15 is 0 Å². The predicted octanol–water partition coefficient (Wildman–Crippen LogP) is 4.88. The number of amides is 1. The van der Waals surface area contributed by atoms with Crippen LogP contribution in [0, 0.1) is 12.8 Å². The summed E-state index contributed by atoms with van der Waals surface area (Å²) in [5.74, 6) is 0.294. The Kier molecular flexibility index (Phi) is 6.60. The summed E-state index contributed by atoms with van der Waals surface area (Å²) < 4.78 is 11.4. The van der Waals surface area contributed by atoms with Crippen molar-refractivity contribution in [3.05, 3.63) is 74.6 Å². The molecule has 1 N–H and O–H groups in total. The second-order valence-electron chi connectivity index (χ2n) is 9.86. The topological polar surface area (TPSA) is 80.0 Å². The molecule has 5 rings (SSSR count). The van der Waals surface area contributed by atoms with Crippen molar-refractivity contribution in [3.8, 4) is 5.75 Å². The van der Waals surface area contributed by atoms with Crippen LogP contribution in [0.25, 0.3) is 11.0 Å². The van der Waals surface area contributed by atoms with Gasteiger partial charge >= 0.3 is 5.63 Å². The highest BCUT2D eigenvalue weighted by Crippen LogP contribution is 2.40. The summed E-state index contributed by atoms with van der Waals surface area (Å²) in [5, 5.41) is 12.0. The van der Waals surface area contributed by atoms with Crippen molar-refractivity contribution in [2.45, 2.75) is 51.0 Å². The van der Waals surface area contributed by atoms with Crippen LogP contribution in [0.4, 0.5) is 0 Å². The first kappa shape index (κ1) is 23.9. The van der Waals surface area contributed by atoms with Gasteiger partial charge in [0.15, 0.2) is 6.61 Å². The molecule has 3 aromatic rings. The van der Waals surface area contributed by atoms with Crippen LogP contribution in [0.15, 0.2) is 51.7 Å². The van der Waals surface area contributed by atoms with Gasteiger partial charge in [-0.2, -0.15) is 0 Å². The van der Waals surface area contributed by atoms with Crippen LogP contribution < -0.4 is 10.4 Å². The summed E-state index contributed by atoms with van der Waals surface area (Å²) in [7, 11) is 0. The van der Waals surface area contributed by atoms with Crippen LogP contribution >= 0.6 is 11.6 Å². The number of ether oxygens (including phenoxy) is 1. The predicted molar refractivity (Wildman–Crippen MR) is 135 cm³/mol. The molecule has 2 heterocycles. The van der Waals surface area contributed by atoms with Crippen LogP contribution in [-0.4, -0.2) is 41.2 Å². The van der Waals surface area contributed by atoms with Crippen molar-refractivity contribution in [1.29, 1.82) is 0 Å². The summed E-state index contributed by atoms with van der Waals surface area (Å²) in [4.78, 5) is 27.4. The highest BCUT2D eigenvalue weighted by molar-refractivity contribution is 6.32. The number of carbonyl (C=O) groups excluding carboxylic acids is 1. The van der Waals surface area contributed by atoms with Crippen molar-refractivity contribution in [1.82, 2.24) is 4.90 Å². The van der Waals surface area contributed by atoms with E-state index in [0.717, 1.165) is 42.2 Å². The molecule has 2 aromatic carbocycles. The number of piperidine rings is 1. The monoisotopic (exact) mass is 495 g/mol. The molecule has 0 spiro atoms. The number of aliphatic hydroxyl groups is 1. The quantitative estimate of drug-likeness (QED) is 0.510. The molecule has 2 fully saturated rings. The number of hydrogen-bond donors (Lipinski definition) is 1. The molecule has 0 radical (unpaired) electrons. The average molecular weight is 496 g/mol. The molecule has 1 aliphatic carbocycles. The highest BCUT2D eigenvalue weighted by Gasteiger charge is 2.43. The van der Waals surface area contributed by atoms with Crippen LogP contribution in [-0.2, 0) is 11.2 Å². The van der Waals surface area contributed by atoms with Crippen LogP contribution in [0.3, 0.4) is 0 Å². The number of benzene rings is 2. The molecule has 0 unspecified atom stereocenters. The lowest BCUT2D eigenvalue weighted by Gasteiger charge is -2.47. The van der Waals surface area contributed by atoms with E-state index in [1.54, 1.807) is 17.0 Å². The Morgan fingerprint density at radius 1 is 1.23 bits per heavy atom. The fourth-order valence-electron chi connectivity index (χ4n) is 5.53. The Labute approximate surface area is 209 Å². The first-order chi connectivity index (χ1) is 16.8. The number of nitrogens with zero attached hydrogens (tertiary/aromatic N) is 1. The van der Waals surface area contributed by atoms with Gasteiger partial charge in [0.05, 0.1) is 10.6 Å². The molecule has 35 heavy (non-hydrogen) atoms. The molecule has 1 amide bonds. The minimum atomic E-state index is -0.633. The Bertz CT molecular complexity index is 1300. The van der Waals surface area contributed by atoms with Gasteiger partial charge in [0.25, 0.3) is 5.91 Å². The van der Waals surface area contributed by atoms with E-state index in [0.29, 0.717) is 47.8 Å². The number of rotatable bonds is 5. The van der Waals surface area contributed by atoms with Crippen LogP contribution in [0.1, 0.15) is 48.8 Å². The zero-order valence-corrected chi connectivity index (χ0v) is 20.6. The lowest BCUT2D eigenvalue weighted by Crippen LogP contribution is -2.55. The molecule has 7 heteroatoms. The third kappa shape index (κ3) is 4.82. The largest absolute Gasteiger partial charge is 0.482 e. The summed E-state index contributed by atoms with van der Waals surface area (Å²) in [6, 6.07) is 13.1. The zero-order chi connectivity index (χ0) is 24.6. The van der Waals surface area contributed by atoms with E-state index in [1.807, 2.05) is 37.3 Å². The molecule has 1 aromatic heterocycles. The SMILES string of the molecule is Cc1c(Cc2ccccc2)c(=O)oc2cc(OCC(=O)N3CC[C@@]4(O)CCCC[C@H]4C3)c(Cl)cc12. The molecule has 1 aliphatic heterocycles. The average Bonchev–Trinajstić information content (AvgIpc) is 2.86. The molecular weight excluding hydrogens is 466 g/mol. The van der Waals surface area contributed by atoms with Gasteiger partial charge in [0.1, 0.15) is 11.3 Å². The van der Waals surface area contributed by atoms with Crippen molar-refractivity contribution in [3.63, 3.8) is 0 Å². The highest BCUT2D eigenvalue weighted by atomic mass is 35.5. The van der Waals surface area contributed by atoms with Crippen molar-refractivity contribution >= 4 is 28.5 Å². The Morgan fingerprint density at radius 2 is 2.03 bits per heavy atom. The van der Waals surface area contributed by atoms with Gasteiger partial charge < -0.3 is 19.2 Å². The molecule has 2 aliphatic rings.